The zero-order valence-corrected chi connectivity index (χ0v) is 35.2. The minimum Gasteiger partial charge on any atom is -0.486 e. The Balaban J connectivity index is 1.31. The lowest BCUT2D eigenvalue weighted by atomic mass is 9.84. The SMILES string of the molecule is Cc1ccc(S(=O)(=O)NC(N)=NCCCC(NC(=O)OC(C)(C)C)C(=O)N(Cc2ccc3c(c2)OCCO3)C(CC2CCCCC2)c2ncc(-c3ccccc3)[nH]2)cc1. The molecular formula is C44H57N7O7S. The number of aromatic amines is 1. The molecule has 1 aliphatic heterocycles. The molecule has 1 saturated carbocycles. The van der Waals surface area contributed by atoms with Crippen molar-refractivity contribution in [1.82, 2.24) is 24.9 Å². The summed E-state index contributed by atoms with van der Waals surface area (Å²) in [6.45, 7) is 8.27. The monoisotopic (exact) mass is 827 g/mol. The molecule has 2 heterocycles. The number of hydrogen-bond acceptors (Lipinski definition) is 9. The number of carbonyl (C=O) groups is 2. The predicted molar refractivity (Wildman–Crippen MR) is 226 cm³/mol. The third-order valence-corrected chi connectivity index (χ3v) is 11.8. The first kappa shape index (κ1) is 43.0. The maximum atomic E-state index is 15.3. The van der Waals surface area contributed by atoms with Crippen LogP contribution in [0.3, 0.4) is 0 Å². The van der Waals surface area contributed by atoms with E-state index in [0.29, 0.717) is 42.9 Å². The molecule has 2 unspecified atom stereocenters. The highest BCUT2D eigenvalue weighted by Gasteiger charge is 2.36. The summed E-state index contributed by atoms with van der Waals surface area (Å²) >= 11 is 0. The van der Waals surface area contributed by atoms with Crippen LogP contribution in [0.5, 0.6) is 11.5 Å². The second kappa shape index (κ2) is 19.5. The summed E-state index contributed by atoms with van der Waals surface area (Å²) in [5, 5.41) is 2.86. The fourth-order valence-electron chi connectivity index (χ4n) is 7.47. The lowest BCUT2D eigenvalue weighted by molar-refractivity contribution is -0.137. The van der Waals surface area contributed by atoms with Crippen molar-refractivity contribution in [2.75, 3.05) is 19.8 Å². The summed E-state index contributed by atoms with van der Waals surface area (Å²) in [5.74, 6) is 1.63. The number of hydrogen-bond donors (Lipinski definition) is 4. The van der Waals surface area contributed by atoms with Crippen molar-refractivity contribution in [2.24, 2.45) is 16.6 Å². The summed E-state index contributed by atoms with van der Waals surface area (Å²) in [5.41, 5.74) is 8.76. The first-order valence-electron chi connectivity index (χ1n) is 20.4. The van der Waals surface area contributed by atoms with Crippen LogP contribution in [0.2, 0.25) is 0 Å². The van der Waals surface area contributed by atoms with Crippen LogP contribution in [-0.2, 0) is 26.1 Å². The summed E-state index contributed by atoms with van der Waals surface area (Å²) in [6.07, 6.45) is 7.67. The number of imidazole rings is 1. The Morgan fingerprint density at radius 3 is 2.42 bits per heavy atom. The molecule has 0 spiro atoms. The van der Waals surface area contributed by atoms with E-state index in [-0.39, 0.29) is 42.7 Å². The molecule has 1 aromatic heterocycles. The zero-order chi connectivity index (χ0) is 42.0. The fraction of sp³-hybridized carbons (Fsp3) is 0.455. The quantitative estimate of drug-likeness (QED) is 0.0547. The number of aromatic nitrogens is 2. The fourth-order valence-corrected chi connectivity index (χ4v) is 8.42. The molecule has 0 bridgehead atoms. The Morgan fingerprint density at radius 2 is 1.71 bits per heavy atom. The first-order valence-corrected chi connectivity index (χ1v) is 21.9. The van der Waals surface area contributed by atoms with Gasteiger partial charge in [-0.3, -0.25) is 9.79 Å². The van der Waals surface area contributed by atoms with Crippen LogP contribution < -0.4 is 25.2 Å². The minimum atomic E-state index is -3.95. The topological polar surface area (TPSA) is 190 Å². The molecule has 59 heavy (non-hydrogen) atoms. The van der Waals surface area contributed by atoms with E-state index in [1.165, 1.54) is 18.6 Å². The molecule has 1 fully saturated rings. The number of ether oxygens (including phenoxy) is 3. The minimum absolute atomic E-state index is 0.0572. The van der Waals surface area contributed by atoms with Crippen molar-refractivity contribution < 1.29 is 32.2 Å². The number of H-pyrrole nitrogens is 1. The Bertz CT molecular complexity index is 2160. The Hall–Kier alpha value is -5.57. The molecule has 2 atom stereocenters. The molecule has 2 amide bonds. The lowest BCUT2D eigenvalue weighted by Gasteiger charge is -2.37. The number of benzene rings is 3. The van der Waals surface area contributed by atoms with Crippen molar-refractivity contribution in [3.8, 4) is 22.8 Å². The third-order valence-electron chi connectivity index (χ3n) is 10.4. The number of carbonyl (C=O) groups excluding carboxylic acids is 2. The van der Waals surface area contributed by atoms with Crippen molar-refractivity contribution in [2.45, 2.75) is 108 Å². The van der Waals surface area contributed by atoms with Crippen LogP contribution >= 0.6 is 0 Å². The van der Waals surface area contributed by atoms with Gasteiger partial charge in [-0.1, -0.05) is 86.2 Å². The number of nitrogens with two attached hydrogens (primary N) is 1. The van der Waals surface area contributed by atoms with E-state index in [4.69, 9.17) is 24.9 Å². The summed E-state index contributed by atoms with van der Waals surface area (Å²) in [4.78, 5) is 43.3. The average Bonchev–Trinajstić information content (AvgIpc) is 3.70. The van der Waals surface area contributed by atoms with E-state index in [1.54, 1.807) is 39.1 Å². The van der Waals surface area contributed by atoms with E-state index in [2.05, 4.69) is 20.0 Å². The number of amides is 2. The number of guanidine groups is 1. The van der Waals surface area contributed by atoms with Gasteiger partial charge in [0, 0.05) is 13.1 Å². The standard InChI is InChI=1S/C44H57N7O7S/c1-30-17-20-34(21-18-30)59(54,55)50-42(45)46-23-11-16-35(49-43(53)58-44(2,3)4)41(52)51(29-32-19-22-38-39(27-32)57-25-24-56-38)37(26-31-12-7-5-8-13-31)40-47-28-36(48-40)33-14-9-6-10-15-33/h6,9-10,14-15,17-22,27-28,31,35,37H,5,7-8,11-13,16,23-26,29H2,1-4H3,(H,47,48)(H,49,53)(H3,45,46,50). The highest BCUT2D eigenvalue weighted by molar-refractivity contribution is 7.90. The van der Waals surface area contributed by atoms with Crippen LogP contribution in [0.1, 0.15) is 95.1 Å². The van der Waals surface area contributed by atoms with Crippen LogP contribution in [0.25, 0.3) is 11.3 Å². The maximum absolute atomic E-state index is 15.3. The number of sulfonamides is 1. The van der Waals surface area contributed by atoms with E-state index >= 15 is 4.79 Å². The van der Waals surface area contributed by atoms with Gasteiger partial charge >= 0.3 is 6.09 Å². The van der Waals surface area contributed by atoms with Gasteiger partial charge in [0.2, 0.25) is 11.9 Å². The van der Waals surface area contributed by atoms with Crippen LogP contribution in [-0.4, -0.2) is 72.6 Å². The molecule has 5 N–H and O–H groups in total. The molecule has 15 heteroatoms. The number of aliphatic imine (C=N–C) groups is 1. The maximum Gasteiger partial charge on any atom is 0.408 e. The number of alkyl carbamates (subject to hydrolysis) is 1. The summed E-state index contributed by atoms with van der Waals surface area (Å²) in [7, 11) is -3.95. The van der Waals surface area contributed by atoms with Crippen LogP contribution in [0, 0.1) is 12.8 Å². The second-order valence-electron chi connectivity index (χ2n) is 16.3. The molecular weight excluding hydrogens is 771 g/mol. The number of rotatable bonds is 15. The molecule has 4 aromatic rings. The molecule has 2 aliphatic rings. The van der Waals surface area contributed by atoms with Crippen molar-refractivity contribution >= 4 is 28.0 Å². The average molecular weight is 828 g/mol. The molecule has 316 valence electrons. The Morgan fingerprint density at radius 1 is 1.00 bits per heavy atom. The summed E-state index contributed by atoms with van der Waals surface area (Å²) in [6, 6.07) is 20.4. The van der Waals surface area contributed by atoms with Gasteiger partial charge < -0.3 is 35.1 Å². The molecule has 3 aromatic carbocycles. The van der Waals surface area contributed by atoms with Crippen LogP contribution in [0.4, 0.5) is 4.79 Å². The Labute approximate surface area is 347 Å². The molecule has 14 nitrogen and oxygen atoms in total. The van der Waals surface area contributed by atoms with E-state index in [0.717, 1.165) is 48.1 Å². The van der Waals surface area contributed by atoms with Gasteiger partial charge in [0.15, 0.2) is 11.5 Å². The van der Waals surface area contributed by atoms with Gasteiger partial charge in [0.05, 0.1) is 22.8 Å². The summed E-state index contributed by atoms with van der Waals surface area (Å²) < 4.78 is 45.5. The third kappa shape index (κ3) is 12.2. The molecule has 1 aliphatic carbocycles. The van der Waals surface area contributed by atoms with E-state index in [1.807, 2.05) is 60.4 Å². The van der Waals surface area contributed by atoms with E-state index < -0.39 is 33.8 Å². The largest absolute Gasteiger partial charge is 0.486 e. The smallest absolute Gasteiger partial charge is 0.408 e. The van der Waals surface area contributed by atoms with Gasteiger partial charge in [-0.15, -0.1) is 0 Å². The number of nitrogens with one attached hydrogen (secondary N) is 3. The highest BCUT2D eigenvalue weighted by atomic mass is 32.2. The van der Waals surface area contributed by atoms with Gasteiger partial charge in [0.25, 0.3) is 10.0 Å². The molecule has 6 rings (SSSR count). The predicted octanol–water partition coefficient (Wildman–Crippen LogP) is 7.16. The van der Waals surface area contributed by atoms with Crippen molar-refractivity contribution in [3.05, 3.63) is 95.9 Å². The second-order valence-corrected chi connectivity index (χ2v) is 18.0. The van der Waals surface area contributed by atoms with Crippen molar-refractivity contribution in [1.29, 1.82) is 0 Å². The first-order chi connectivity index (χ1) is 28.2. The highest BCUT2D eigenvalue weighted by Crippen LogP contribution is 2.38. The molecule has 0 saturated heterocycles. The van der Waals surface area contributed by atoms with Crippen molar-refractivity contribution in [3.63, 3.8) is 0 Å². The van der Waals surface area contributed by atoms with Gasteiger partial charge in [-0.05, 0) is 88.3 Å². The van der Waals surface area contributed by atoms with Gasteiger partial charge in [0.1, 0.15) is 30.7 Å². The normalized spacial score (nSPS) is 15.8. The Kier molecular flexibility index (Phi) is 14.2. The van der Waals surface area contributed by atoms with E-state index in [9.17, 15) is 13.2 Å². The lowest BCUT2D eigenvalue weighted by Crippen LogP contribution is -2.51. The number of aryl methyl sites for hydroxylation is 1. The molecule has 0 radical (unpaired) electrons. The number of fused-ring (bicyclic) bond motifs is 1. The number of nitrogens with zero attached hydrogens (tertiary/aromatic N) is 3. The van der Waals surface area contributed by atoms with Gasteiger partial charge in [-0.25, -0.2) is 22.9 Å². The van der Waals surface area contributed by atoms with Crippen LogP contribution in [0.15, 0.2) is 88.9 Å². The van der Waals surface area contributed by atoms with Gasteiger partial charge in [-0.2, -0.15) is 0 Å². The zero-order valence-electron chi connectivity index (χ0n) is 34.4.